The zero-order valence-electron chi connectivity index (χ0n) is 45.8. The smallest absolute Gasteiger partial charge is 0.323 e. The molecule has 7 atom stereocenters. The zero-order valence-corrected chi connectivity index (χ0v) is 52.9. The van der Waals surface area contributed by atoms with E-state index in [-0.39, 0.29) is 0 Å². The van der Waals surface area contributed by atoms with Crippen LogP contribution in [0.4, 0.5) is 0 Å². The van der Waals surface area contributed by atoms with E-state index in [1.807, 2.05) is 6.55 Å². The molecule has 28 heteroatoms. The first-order valence-corrected chi connectivity index (χ1v) is 44.7. The van der Waals surface area contributed by atoms with Crippen LogP contribution in [0, 0.1) is 0 Å². The summed E-state index contributed by atoms with van der Waals surface area (Å²) >= 11 is 0. The first-order chi connectivity index (χ1) is 33.4. The van der Waals surface area contributed by atoms with Crippen LogP contribution in [0.5, 0.6) is 0 Å². The fourth-order valence-electron chi connectivity index (χ4n) is 8.77. The van der Waals surface area contributed by atoms with Crippen LogP contribution >= 0.6 is 0 Å². The molecule has 70 heavy (non-hydrogen) atoms. The number of nitrogens with two attached hydrogens (primary N) is 7. The molecular formula is C42H114N14O7Si7. The third-order valence-electron chi connectivity index (χ3n) is 11.7. The van der Waals surface area contributed by atoms with Gasteiger partial charge in [-0.25, -0.2) is 0 Å². The number of hydrogen-bond donors (Lipinski definition) is 15. The minimum absolute atomic E-state index is 0.561. The van der Waals surface area contributed by atoms with E-state index >= 15 is 0 Å². The van der Waals surface area contributed by atoms with E-state index in [0.29, 0.717) is 63.9 Å². The molecule has 22 N–H and O–H groups in total. The van der Waals surface area contributed by atoms with Gasteiger partial charge < -0.3 is 107 Å². The third-order valence-corrected chi connectivity index (χ3v) is 41.5. The first kappa shape index (κ1) is 70.7. The number of rotatable bonds is 54. The Kier molecular flexibility index (Phi) is 43.2. The van der Waals surface area contributed by atoms with E-state index in [4.69, 9.17) is 64.8 Å². The average Bonchev–Trinajstić information content (AvgIpc) is 3.28. The molecule has 0 bridgehead atoms. The summed E-state index contributed by atoms with van der Waals surface area (Å²) in [6.07, 6.45) is 6.09. The Balaban J connectivity index is 7.44. The van der Waals surface area contributed by atoms with E-state index in [1.165, 1.54) is 0 Å². The Morgan fingerprint density at radius 3 is 0.843 bits per heavy atom. The van der Waals surface area contributed by atoms with Gasteiger partial charge in [0.1, 0.15) is 0 Å². The Bertz CT molecular complexity index is 1230. The molecule has 0 aromatic rings. The van der Waals surface area contributed by atoms with Gasteiger partial charge in [-0.15, -0.1) is 0 Å². The molecule has 0 saturated heterocycles. The lowest BCUT2D eigenvalue weighted by atomic mass is 10.5. The maximum absolute atomic E-state index is 12.0. The standard InChI is InChI=1S/C42H114N14O7Si7/c1-64(36-8-22-50-29-15-43)58-66(3,38-10-24-52-31-17-45)60-68(5,40-12-26-54-33-19-47)62-70(7,42-14-28-56-35-21-49)63-69(6,41-13-27-55-34-20-48)61-67(4,39-11-25-53-32-18-46)59-65(2,57)37-9-23-51-30-16-44/h50-57,64H,8-49H2,1-7H3. The molecule has 0 aliphatic heterocycles. The zero-order chi connectivity index (χ0) is 52.5. The maximum atomic E-state index is 12.0. The van der Waals surface area contributed by atoms with Crippen molar-refractivity contribution in [1.29, 1.82) is 0 Å². The van der Waals surface area contributed by atoms with E-state index in [2.05, 4.69) is 76.5 Å². The van der Waals surface area contributed by atoms with Gasteiger partial charge in [0.15, 0.2) is 9.04 Å². The van der Waals surface area contributed by atoms with Gasteiger partial charge in [-0.2, -0.15) is 0 Å². The summed E-state index contributed by atoms with van der Waals surface area (Å²) in [7, 11) is -20.2. The molecule has 0 radical (unpaired) electrons. The predicted octanol–water partition coefficient (Wildman–Crippen LogP) is -0.567. The third kappa shape index (κ3) is 38.3. The largest absolute Gasteiger partial charge is 0.439 e. The topological polar surface area (TPSA) is 342 Å². The van der Waals surface area contributed by atoms with Gasteiger partial charge in [-0.1, -0.05) is 0 Å². The van der Waals surface area contributed by atoms with Gasteiger partial charge >= 0.3 is 51.4 Å². The lowest BCUT2D eigenvalue weighted by Gasteiger charge is -2.47. The quantitative estimate of drug-likeness (QED) is 0.0268. The van der Waals surface area contributed by atoms with Gasteiger partial charge in [-0.3, -0.25) is 0 Å². The van der Waals surface area contributed by atoms with E-state index < -0.39 is 60.4 Å². The lowest BCUT2D eigenvalue weighted by molar-refractivity contribution is 0.246. The van der Waals surface area contributed by atoms with Crippen LogP contribution in [0.3, 0.4) is 0 Å². The van der Waals surface area contributed by atoms with Crippen molar-refractivity contribution in [3.05, 3.63) is 0 Å². The molecule has 7 unspecified atom stereocenters. The minimum Gasteiger partial charge on any atom is -0.439 e. The van der Waals surface area contributed by atoms with Gasteiger partial charge in [0.05, 0.1) is 0 Å². The Morgan fingerprint density at radius 2 is 0.557 bits per heavy atom. The van der Waals surface area contributed by atoms with Gasteiger partial charge in [0.2, 0.25) is 0 Å². The van der Waals surface area contributed by atoms with Crippen molar-refractivity contribution in [2.24, 2.45) is 40.1 Å². The molecule has 0 spiro atoms. The highest BCUT2D eigenvalue weighted by Gasteiger charge is 2.54. The maximum Gasteiger partial charge on any atom is 0.323 e. The highest BCUT2D eigenvalue weighted by atomic mass is 28.5. The van der Waals surface area contributed by atoms with Crippen molar-refractivity contribution in [3.8, 4) is 0 Å². The fraction of sp³-hybridized carbons (Fsp3) is 1.00. The molecular weight excluding hydrogens is 1010 g/mol. The fourth-order valence-corrected chi connectivity index (χ4v) is 44.0. The van der Waals surface area contributed by atoms with Crippen molar-refractivity contribution in [2.75, 3.05) is 137 Å². The summed E-state index contributed by atoms with van der Waals surface area (Å²) < 4.78 is 45.2. The molecule has 0 aliphatic rings. The van der Waals surface area contributed by atoms with Crippen LogP contribution in [0.1, 0.15) is 44.9 Å². The van der Waals surface area contributed by atoms with Crippen molar-refractivity contribution in [3.63, 3.8) is 0 Å². The van der Waals surface area contributed by atoms with E-state index in [0.717, 1.165) is 161 Å². The Morgan fingerprint density at radius 1 is 0.329 bits per heavy atom. The normalized spacial score (nSPS) is 17.9. The molecule has 21 nitrogen and oxygen atoms in total. The van der Waals surface area contributed by atoms with Gasteiger partial charge in [0.25, 0.3) is 0 Å². The highest BCUT2D eigenvalue weighted by Crippen LogP contribution is 2.36. The summed E-state index contributed by atoms with van der Waals surface area (Å²) in [5.41, 5.74) is 40.9. The van der Waals surface area contributed by atoms with Crippen molar-refractivity contribution >= 4 is 60.4 Å². The molecule has 0 aliphatic carbocycles. The van der Waals surface area contributed by atoms with Crippen molar-refractivity contribution in [1.82, 2.24) is 37.2 Å². The predicted molar refractivity (Wildman–Crippen MR) is 311 cm³/mol. The molecule has 0 heterocycles. The van der Waals surface area contributed by atoms with Crippen LogP contribution in [0.15, 0.2) is 0 Å². The SMILES string of the molecule is C[SiH](CCCNCCN)O[Si](C)(CCCNCCN)O[Si](C)(CCCNCCN)O[Si](C)(CCCNCCN)O[Si](C)(CCCNCCN)O[Si](C)(CCCNCCN)O[Si](C)(O)CCCNCCN. The second-order valence-corrected chi connectivity index (χ2v) is 43.7. The van der Waals surface area contributed by atoms with E-state index in [1.54, 1.807) is 0 Å². The molecule has 0 amide bonds. The molecule has 0 saturated carbocycles. The average molecular weight is 1120 g/mol. The number of nitrogens with one attached hydrogen (secondary N) is 7. The van der Waals surface area contributed by atoms with Crippen LogP contribution in [0.25, 0.3) is 0 Å². The first-order valence-electron chi connectivity index (χ1n) is 27.1. The monoisotopic (exact) mass is 1120 g/mol. The summed E-state index contributed by atoms with van der Waals surface area (Å²) in [5, 5.41) is 24.3. The van der Waals surface area contributed by atoms with Crippen LogP contribution in [-0.4, -0.2) is 203 Å². The second-order valence-electron chi connectivity index (χ2n) is 19.8. The Labute approximate surface area is 435 Å². The minimum atomic E-state index is -3.18. The van der Waals surface area contributed by atoms with Crippen molar-refractivity contribution < 1.29 is 29.5 Å². The van der Waals surface area contributed by atoms with Crippen LogP contribution in [0.2, 0.25) is 88.1 Å². The van der Waals surface area contributed by atoms with Gasteiger partial charge in [-0.05, 0) is 179 Å². The summed E-state index contributed by atoms with van der Waals surface area (Å²) in [4.78, 5) is 12.0. The van der Waals surface area contributed by atoms with Gasteiger partial charge in [0, 0.05) is 91.6 Å². The van der Waals surface area contributed by atoms with E-state index in [9.17, 15) is 4.80 Å². The highest BCUT2D eigenvalue weighted by molar-refractivity contribution is 6.92. The molecule has 0 aromatic carbocycles. The molecule has 0 rings (SSSR count). The molecule has 0 aromatic heterocycles. The Hall–Kier alpha value is 0.678. The molecule has 0 fully saturated rings. The number of hydrogen-bond acceptors (Lipinski definition) is 21. The summed E-state index contributed by atoms with van der Waals surface area (Å²) in [6.45, 7) is 30.3. The summed E-state index contributed by atoms with van der Waals surface area (Å²) in [6, 6.07) is 5.36. The van der Waals surface area contributed by atoms with Crippen LogP contribution < -0.4 is 77.4 Å². The second kappa shape index (κ2) is 42.8. The molecule has 422 valence electrons. The summed E-state index contributed by atoms with van der Waals surface area (Å²) in [5.74, 6) is 0. The van der Waals surface area contributed by atoms with Crippen molar-refractivity contribution in [2.45, 2.75) is 133 Å². The van der Waals surface area contributed by atoms with Crippen LogP contribution in [-0.2, 0) is 24.7 Å². The lowest BCUT2D eigenvalue weighted by Crippen LogP contribution is -2.64.